The van der Waals surface area contributed by atoms with E-state index in [2.05, 4.69) is 5.32 Å². The molecule has 0 atom stereocenters. The number of nitrogens with one attached hydrogen (secondary N) is 1. The SMILES string of the molecule is CN(C)CCNc1cc(N)c(N)cc1F. The summed E-state index contributed by atoms with van der Waals surface area (Å²) in [5, 5.41) is 2.96. The summed E-state index contributed by atoms with van der Waals surface area (Å²) in [7, 11) is 3.91. The molecule has 0 saturated heterocycles. The summed E-state index contributed by atoms with van der Waals surface area (Å²) in [5.41, 5.74) is 12.1. The van der Waals surface area contributed by atoms with Crippen LogP contribution in [0.15, 0.2) is 12.1 Å². The summed E-state index contributed by atoms with van der Waals surface area (Å²) in [6, 6.07) is 2.74. The van der Waals surface area contributed by atoms with Gasteiger partial charge in [0.2, 0.25) is 0 Å². The van der Waals surface area contributed by atoms with Gasteiger partial charge in [0.15, 0.2) is 0 Å². The molecule has 15 heavy (non-hydrogen) atoms. The number of hydrogen-bond donors (Lipinski definition) is 3. The van der Waals surface area contributed by atoms with Crippen LogP contribution < -0.4 is 16.8 Å². The minimum Gasteiger partial charge on any atom is -0.397 e. The number of nitrogen functional groups attached to an aromatic ring is 2. The Kier molecular flexibility index (Phi) is 3.74. The van der Waals surface area contributed by atoms with E-state index in [9.17, 15) is 4.39 Å². The Morgan fingerprint density at radius 1 is 1.27 bits per heavy atom. The topological polar surface area (TPSA) is 67.3 Å². The van der Waals surface area contributed by atoms with Gasteiger partial charge in [0.1, 0.15) is 5.82 Å². The molecular formula is C10H17FN4. The van der Waals surface area contributed by atoms with Crippen molar-refractivity contribution >= 4 is 17.1 Å². The van der Waals surface area contributed by atoms with Crippen LogP contribution in [-0.4, -0.2) is 32.1 Å². The molecule has 0 unspecified atom stereocenters. The van der Waals surface area contributed by atoms with Gasteiger partial charge in [0.05, 0.1) is 17.1 Å². The lowest BCUT2D eigenvalue weighted by Crippen LogP contribution is -2.21. The van der Waals surface area contributed by atoms with Gasteiger partial charge < -0.3 is 21.7 Å². The van der Waals surface area contributed by atoms with E-state index < -0.39 is 0 Å². The van der Waals surface area contributed by atoms with Crippen molar-refractivity contribution in [2.24, 2.45) is 0 Å². The number of likely N-dealkylation sites (N-methyl/N-ethyl adjacent to an activating group) is 1. The van der Waals surface area contributed by atoms with Crippen LogP contribution in [0, 0.1) is 5.82 Å². The molecule has 0 aliphatic rings. The highest BCUT2D eigenvalue weighted by Gasteiger charge is 2.05. The molecule has 4 nitrogen and oxygen atoms in total. The van der Waals surface area contributed by atoms with E-state index in [-0.39, 0.29) is 11.5 Å². The second kappa shape index (κ2) is 4.84. The van der Waals surface area contributed by atoms with Crippen LogP contribution in [-0.2, 0) is 0 Å². The fraction of sp³-hybridized carbons (Fsp3) is 0.400. The standard InChI is InChI=1S/C10H17FN4/c1-15(2)4-3-14-10-6-9(13)8(12)5-7(10)11/h5-6,14H,3-4,12-13H2,1-2H3. The summed E-state index contributed by atoms with van der Waals surface area (Å²) in [5.74, 6) is -0.375. The maximum absolute atomic E-state index is 13.3. The van der Waals surface area contributed by atoms with Crippen molar-refractivity contribution in [3.63, 3.8) is 0 Å². The van der Waals surface area contributed by atoms with Crippen molar-refractivity contribution in [2.45, 2.75) is 0 Å². The Bertz CT molecular complexity index is 338. The molecule has 5 heteroatoms. The van der Waals surface area contributed by atoms with Crippen molar-refractivity contribution in [3.05, 3.63) is 17.9 Å². The predicted octanol–water partition coefficient (Wildman–Crippen LogP) is 0.964. The molecule has 0 aliphatic heterocycles. The van der Waals surface area contributed by atoms with E-state index in [0.29, 0.717) is 17.9 Å². The van der Waals surface area contributed by atoms with Crippen molar-refractivity contribution in [3.8, 4) is 0 Å². The fourth-order valence-corrected chi connectivity index (χ4v) is 1.16. The van der Waals surface area contributed by atoms with E-state index in [4.69, 9.17) is 11.5 Å². The number of benzene rings is 1. The largest absolute Gasteiger partial charge is 0.397 e. The highest BCUT2D eigenvalue weighted by Crippen LogP contribution is 2.23. The minimum atomic E-state index is -0.375. The lowest BCUT2D eigenvalue weighted by molar-refractivity contribution is 0.425. The van der Waals surface area contributed by atoms with Gasteiger partial charge in [-0.1, -0.05) is 0 Å². The van der Waals surface area contributed by atoms with Crippen molar-refractivity contribution in [2.75, 3.05) is 44.0 Å². The Morgan fingerprint density at radius 2 is 1.87 bits per heavy atom. The second-order valence-corrected chi connectivity index (χ2v) is 3.69. The molecular weight excluding hydrogens is 195 g/mol. The third kappa shape index (κ3) is 3.28. The summed E-state index contributed by atoms with van der Waals surface area (Å²) in [6.07, 6.45) is 0. The molecule has 5 N–H and O–H groups in total. The van der Waals surface area contributed by atoms with E-state index in [0.717, 1.165) is 6.54 Å². The lowest BCUT2D eigenvalue weighted by atomic mass is 10.2. The second-order valence-electron chi connectivity index (χ2n) is 3.69. The summed E-state index contributed by atoms with van der Waals surface area (Å²) < 4.78 is 13.3. The van der Waals surface area contributed by atoms with Gasteiger partial charge in [-0.2, -0.15) is 0 Å². The summed E-state index contributed by atoms with van der Waals surface area (Å²) >= 11 is 0. The molecule has 0 amide bonds. The molecule has 0 aromatic heterocycles. The van der Waals surface area contributed by atoms with Crippen LogP contribution in [0.2, 0.25) is 0 Å². The van der Waals surface area contributed by atoms with Gasteiger partial charge in [-0.05, 0) is 20.2 Å². The fourth-order valence-electron chi connectivity index (χ4n) is 1.16. The first kappa shape index (κ1) is 11.6. The highest BCUT2D eigenvalue weighted by atomic mass is 19.1. The van der Waals surface area contributed by atoms with Crippen LogP contribution in [0.4, 0.5) is 21.5 Å². The van der Waals surface area contributed by atoms with Crippen molar-refractivity contribution < 1.29 is 4.39 Å². The van der Waals surface area contributed by atoms with Gasteiger partial charge in [-0.25, -0.2) is 4.39 Å². The zero-order valence-electron chi connectivity index (χ0n) is 9.05. The van der Waals surface area contributed by atoms with Crippen molar-refractivity contribution in [1.29, 1.82) is 0 Å². The van der Waals surface area contributed by atoms with Crippen LogP contribution in [0.3, 0.4) is 0 Å². The van der Waals surface area contributed by atoms with Gasteiger partial charge in [-0.3, -0.25) is 0 Å². The number of nitrogens with zero attached hydrogens (tertiary/aromatic N) is 1. The number of nitrogens with two attached hydrogens (primary N) is 2. The normalized spacial score (nSPS) is 10.7. The van der Waals surface area contributed by atoms with Gasteiger partial charge in [0, 0.05) is 19.2 Å². The third-order valence-corrected chi connectivity index (χ3v) is 2.05. The van der Waals surface area contributed by atoms with Crippen LogP contribution >= 0.6 is 0 Å². The smallest absolute Gasteiger partial charge is 0.148 e. The molecule has 0 spiro atoms. The Labute approximate surface area is 89.0 Å². The average molecular weight is 212 g/mol. The summed E-state index contributed by atoms with van der Waals surface area (Å²) in [6.45, 7) is 1.48. The van der Waals surface area contributed by atoms with Crippen molar-refractivity contribution in [1.82, 2.24) is 4.90 Å². The first-order valence-electron chi connectivity index (χ1n) is 4.74. The Hall–Kier alpha value is -1.49. The van der Waals surface area contributed by atoms with E-state index in [1.807, 2.05) is 19.0 Å². The first-order valence-corrected chi connectivity index (χ1v) is 4.74. The molecule has 1 aromatic carbocycles. The molecule has 0 saturated carbocycles. The Morgan fingerprint density at radius 3 is 2.47 bits per heavy atom. The molecule has 0 bridgehead atoms. The van der Waals surface area contributed by atoms with Crippen LogP contribution in [0.1, 0.15) is 0 Å². The van der Waals surface area contributed by atoms with Gasteiger partial charge in [-0.15, -0.1) is 0 Å². The molecule has 0 radical (unpaired) electrons. The quantitative estimate of drug-likeness (QED) is 0.650. The molecule has 0 fully saturated rings. The van der Waals surface area contributed by atoms with Gasteiger partial charge in [0.25, 0.3) is 0 Å². The monoisotopic (exact) mass is 212 g/mol. The van der Waals surface area contributed by atoms with Crippen LogP contribution in [0.25, 0.3) is 0 Å². The average Bonchev–Trinajstić information content (AvgIpc) is 2.13. The third-order valence-electron chi connectivity index (χ3n) is 2.05. The highest BCUT2D eigenvalue weighted by molar-refractivity contribution is 5.69. The minimum absolute atomic E-state index is 0.269. The molecule has 0 aliphatic carbocycles. The Balaban J connectivity index is 2.65. The molecule has 1 aromatic rings. The van der Waals surface area contributed by atoms with E-state index in [1.54, 1.807) is 0 Å². The number of hydrogen-bond acceptors (Lipinski definition) is 4. The molecule has 84 valence electrons. The van der Waals surface area contributed by atoms with E-state index in [1.165, 1.54) is 12.1 Å². The predicted molar refractivity (Wildman–Crippen MR) is 62.3 cm³/mol. The lowest BCUT2D eigenvalue weighted by Gasteiger charge is -2.13. The van der Waals surface area contributed by atoms with Crippen LogP contribution in [0.5, 0.6) is 0 Å². The maximum Gasteiger partial charge on any atom is 0.148 e. The number of rotatable bonds is 4. The zero-order chi connectivity index (χ0) is 11.4. The number of halogens is 1. The molecule has 0 heterocycles. The first-order chi connectivity index (χ1) is 7.00. The number of anilines is 3. The van der Waals surface area contributed by atoms with Gasteiger partial charge >= 0.3 is 0 Å². The van der Waals surface area contributed by atoms with E-state index >= 15 is 0 Å². The maximum atomic E-state index is 13.3. The summed E-state index contributed by atoms with van der Waals surface area (Å²) in [4.78, 5) is 2.01. The molecule has 1 rings (SSSR count). The zero-order valence-corrected chi connectivity index (χ0v) is 9.05.